The molecule has 0 saturated heterocycles. The summed E-state index contributed by atoms with van der Waals surface area (Å²) in [6.45, 7) is 5.08. The first-order valence-corrected chi connectivity index (χ1v) is 6.21. The van der Waals surface area contributed by atoms with Crippen molar-refractivity contribution in [2.24, 2.45) is 4.99 Å². The fraction of sp³-hybridized carbons (Fsp3) is 0.429. The Kier molecular flexibility index (Phi) is 3.64. The minimum Gasteiger partial charge on any atom is -0.485 e. The van der Waals surface area contributed by atoms with Crippen LogP contribution in [0.3, 0.4) is 0 Å². The predicted octanol–water partition coefficient (Wildman–Crippen LogP) is 1.89. The van der Waals surface area contributed by atoms with E-state index in [1.165, 1.54) is 18.2 Å². The lowest BCUT2D eigenvalue weighted by Gasteiger charge is -2.40. The Morgan fingerprint density at radius 2 is 2.25 bits per heavy atom. The average Bonchev–Trinajstić information content (AvgIpc) is 2.36. The molecule has 6 heteroatoms. The van der Waals surface area contributed by atoms with Crippen LogP contribution in [0.1, 0.15) is 32.4 Å². The summed E-state index contributed by atoms with van der Waals surface area (Å²) in [6.07, 6.45) is 0.809. The van der Waals surface area contributed by atoms with Crippen LogP contribution in [0.25, 0.3) is 0 Å². The molecule has 2 atom stereocenters. The average molecular weight is 277 g/mol. The Balaban J connectivity index is 2.51. The van der Waals surface area contributed by atoms with Crippen molar-refractivity contribution in [3.63, 3.8) is 0 Å². The van der Waals surface area contributed by atoms with Gasteiger partial charge in [0.25, 0.3) is 0 Å². The minimum atomic E-state index is -0.952. The second-order valence-corrected chi connectivity index (χ2v) is 5.23. The molecule has 0 amide bonds. The van der Waals surface area contributed by atoms with Gasteiger partial charge < -0.3 is 9.84 Å². The normalized spacial score (nSPS) is 24.3. The highest BCUT2D eigenvalue weighted by Gasteiger charge is 2.43. The van der Waals surface area contributed by atoms with Crippen LogP contribution >= 0.6 is 0 Å². The molecular formula is C14H16FN3O2. The number of halogens is 1. The summed E-state index contributed by atoms with van der Waals surface area (Å²) >= 11 is 0. The third kappa shape index (κ3) is 2.58. The summed E-state index contributed by atoms with van der Waals surface area (Å²) < 4.78 is 19.1. The zero-order valence-electron chi connectivity index (χ0n) is 11.5. The Morgan fingerprint density at radius 1 is 1.55 bits per heavy atom. The molecule has 1 aliphatic heterocycles. The Bertz CT molecular complexity index is 593. The van der Waals surface area contributed by atoms with E-state index in [0.717, 1.165) is 0 Å². The van der Waals surface area contributed by atoms with Gasteiger partial charge in [-0.3, -0.25) is 10.3 Å². The molecule has 1 aromatic carbocycles. The molecule has 0 unspecified atom stereocenters. The van der Waals surface area contributed by atoms with E-state index in [2.05, 4.69) is 10.3 Å². The van der Waals surface area contributed by atoms with Crippen molar-refractivity contribution < 1.29 is 14.2 Å². The van der Waals surface area contributed by atoms with Crippen molar-refractivity contribution in [3.05, 3.63) is 29.6 Å². The fourth-order valence-electron chi connectivity index (χ4n) is 2.20. The number of hydrogen-bond donors (Lipinski definition) is 2. The fourth-order valence-corrected chi connectivity index (χ4v) is 2.20. The van der Waals surface area contributed by atoms with E-state index in [9.17, 15) is 9.50 Å². The van der Waals surface area contributed by atoms with Gasteiger partial charge in [0.05, 0.1) is 0 Å². The molecule has 5 nitrogen and oxygen atoms in total. The number of aliphatic hydroxyl groups excluding tert-OH is 1. The smallest absolute Gasteiger partial charge is 0.182 e. The Morgan fingerprint density at radius 3 is 2.90 bits per heavy atom. The summed E-state index contributed by atoms with van der Waals surface area (Å²) in [7, 11) is 0. The first-order valence-electron chi connectivity index (χ1n) is 6.21. The van der Waals surface area contributed by atoms with Gasteiger partial charge in [0.1, 0.15) is 35.1 Å². The third-order valence-corrected chi connectivity index (χ3v) is 3.24. The van der Waals surface area contributed by atoms with E-state index in [1.807, 2.05) is 0 Å². The quantitative estimate of drug-likeness (QED) is 0.355. The third-order valence-electron chi connectivity index (χ3n) is 3.24. The zero-order chi connectivity index (χ0) is 14.9. The van der Waals surface area contributed by atoms with Gasteiger partial charge in [-0.1, -0.05) is 0 Å². The molecule has 0 aliphatic carbocycles. The van der Waals surface area contributed by atoms with Crippen LogP contribution in [0.2, 0.25) is 0 Å². The van der Waals surface area contributed by atoms with E-state index in [4.69, 9.17) is 10.00 Å². The molecule has 0 radical (unpaired) electrons. The number of rotatable bonds is 1. The summed E-state index contributed by atoms with van der Waals surface area (Å²) in [6, 6.07) is 3.42. The van der Waals surface area contributed by atoms with Crippen LogP contribution in [0.5, 0.6) is 5.75 Å². The first kappa shape index (κ1) is 14.3. The Labute approximate surface area is 116 Å². The molecule has 106 valence electrons. The molecule has 0 spiro atoms. The second kappa shape index (κ2) is 5.10. The molecule has 2 N–H and O–H groups in total. The lowest BCUT2D eigenvalue weighted by atomic mass is 9.87. The van der Waals surface area contributed by atoms with Crippen molar-refractivity contribution >= 4 is 5.84 Å². The number of nitrogens with zero attached hydrogens (tertiary/aromatic N) is 2. The number of benzene rings is 1. The molecule has 0 aromatic heterocycles. The van der Waals surface area contributed by atoms with Crippen molar-refractivity contribution in [1.82, 2.24) is 5.32 Å². The number of hydrogen-bond acceptors (Lipinski definition) is 4. The van der Waals surface area contributed by atoms with Crippen molar-refractivity contribution in [2.75, 3.05) is 0 Å². The van der Waals surface area contributed by atoms with Gasteiger partial charge in [0, 0.05) is 5.56 Å². The molecule has 20 heavy (non-hydrogen) atoms. The van der Waals surface area contributed by atoms with Gasteiger partial charge in [-0.2, -0.15) is 5.26 Å². The van der Waals surface area contributed by atoms with E-state index in [0.29, 0.717) is 17.1 Å². The number of aliphatic hydroxyl groups is 1. The summed E-state index contributed by atoms with van der Waals surface area (Å²) in [4.78, 5) is 4.27. The molecule has 0 saturated carbocycles. The standard InChI is InChI=1S/C14H16FN3O2/c1-8(17-7-16)18-12-10-6-9(15)4-5-11(10)20-14(2,3)13(12)19/h4-6,12-13,19H,1-3H3,(H,17,18)/t12-,13+/m0/s1. The topological polar surface area (TPSA) is 77.6 Å². The number of aliphatic imine (C=N–C) groups is 1. The van der Waals surface area contributed by atoms with Gasteiger partial charge in [0.2, 0.25) is 0 Å². The number of nitriles is 1. The maximum absolute atomic E-state index is 13.4. The molecule has 1 heterocycles. The highest BCUT2D eigenvalue weighted by molar-refractivity contribution is 5.81. The van der Waals surface area contributed by atoms with Crippen LogP contribution in [0.15, 0.2) is 23.2 Å². The highest BCUT2D eigenvalue weighted by Crippen LogP contribution is 2.42. The lowest BCUT2D eigenvalue weighted by Crippen LogP contribution is -2.48. The number of amidine groups is 1. The largest absolute Gasteiger partial charge is 0.485 e. The van der Waals surface area contributed by atoms with Gasteiger partial charge in [-0.05, 0) is 39.0 Å². The van der Waals surface area contributed by atoms with Gasteiger partial charge in [0.15, 0.2) is 6.19 Å². The van der Waals surface area contributed by atoms with Crippen LogP contribution < -0.4 is 10.1 Å². The van der Waals surface area contributed by atoms with Gasteiger partial charge >= 0.3 is 0 Å². The molecule has 0 fully saturated rings. The monoisotopic (exact) mass is 277 g/mol. The second-order valence-electron chi connectivity index (χ2n) is 5.23. The maximum Gasteiger partial charge on any atom is 0.182 e. The van der Waals surface area contributed by atoms with Crippen molar-refractivity contribution in [2.45, 2.75) is 38.5 Å². The number of nitrogens with one attached hydrogen (secondary N) is 1. The van der Waals surface area contributed by atoms with Crippen molar-refractivity contribution in [1.29, 1.82) is 5.26 Å². The number of fused-ring (bicyclic) bond motifs is 1. The van der Waals surface area contributed by atoms with Gasteiger partial charge in [-0.25, -0.2) is 4.39 Å². The molecule has 0 bridgehead atoms. The summed E-state index contributed by atoms with van der Waals surface area (Å²) in [5.74, 6) is 0.412. The summed E-state index contributed by atoms with van der Waals surface area (Å²) in [5.41, 5.74) is -0.387. The van der Waals surface area contributed by atoms with Crippen molar-refractivity contribution in [3.8, 4) is 11.9 Å². The van der Waals surface area contributed by atoms with E-state index < -0.39 is 23.6 Å². The first-order chi connectivity index (χ1) is 9.35. The van der Waals surface area contributed by atoms with E-state index in [-0.39, 0.29) is 0 Å². The SMILES string of the molecule is CC(=N[C@H]1c2cc(F)ccc2OC(C)(C)[C@@H]1O)NC#N. The van der Waals surface area contributed by atoms with E-state index in [1.54, 1.807) is 27.0 Å². The van der Waals surface area contributed by atoms with Crippen LogP contribution in [0.4, 0.5) is 4.39 Å². The Hall–Kier alpha value is -2.13. The van der Waals surface area contributed by atoms with Crippen LogP contribution in [0, 0.1) is 17.3 Å². The minimum absolute atomic E-state index is 0.351. The molecule has 1 aliphatic rings. The van der Waals surface area contributed by atoms with E-state index >= 15 is 0 Å². The summed E-state index contributed by atoms with van der Waals surface area (Å²) in [5, 5.41) is 21.4. The molecule has 2 rings (SSSR count). The van der Waals surface area contributed by atoms with Gasteiger partial charge in [-0.15, -0.1) is 0 Å². The predicted molar refractivity (Wildman–Crippen MR) is 71.7 cm³/mol. The highest BCUT2D eigenvalue weighted by atomic mass is 19.1. The molecular weight excluding hydrogens is 261 g/mol. The molecule has 1 aromatic rings. The zero-order valence-corrected chi connectivity index (χ0v) is 11.5. The number of ether oxygens (including phenoxy) is 1. The lowest BCUT2D eigenvalue weighted by molar-refractivity contribution is -0.0568. The van der Waals surface area contributed by atoms with Crippen LogP contribution in [-0.2, 0) is 0 Å². The van der Waals surface area contributed by atoms with Crippen LogP contribution in [-0.4, -0.2) is 22.6 Å². The maximum atomic E-state index is 13.4.